The van der Waals surface area contributed by atoms with Gasteiger partial charge in [-0.1, -0.05) is 12.1 Å². The van der Waals surface area contributed by atoms with E-state index in [1.807, 2.05) is 0 Å². The predicted octanol–water partition coefficient (Wildman–Crippen LogP) is 0.605. The Morgan fingerprint density at radius 1 is 1.46 bits per heavy atom. The van der Waals surface area contributed by atoms with Gasteiger partial charge in [-0.15, -0.1) is 0 Å². The summed E-state index contributed by atoms with van der Waals surface area (Å²) >= 11 is 0. The van der Waals surface area contributed by atoms with Crippen LogP contribution in [-0.4, -0.2) is 18.1 Å². The van der Waals surface area contributed by atoms with Gasteiger partial charge in [0.2, 0.25) is 0 Å². The Bertz CT molecular complexity index is 297. The highest BCUT2D eigenvalue weighted by molar-refractivity contribution is 5.81. The van der Waals surface area contributed by atoms with Crippen LogP contribution in [-0.2, 0) is 4.79 Å². The molecule has 0 aliphatic rings. The maximum absolute atomic E-state index is 12.5. The number of rotatable bonds is 2. The van der Waals surface area contributed by atoms with Crippen LogP contribution in [0.15, 0.2) is 24.3 Å². The molecule has 1 atom stereocenters. The van der Waals surface area contributed by atoms with Gasteiger partial charge in [-0.25, -0.2) is 4.39 Å². The molecule has 1 aromatic carbocycles. The molecule has 1 unspecified atom stereocenters. The zero-order valence-electron chi connectivity index (χ0n) is 7.12. The Morgan fingerprint density at radius 2 is 2.00 bits per heavy atom. The molecule has 13 heavy (non-hydrogen) atoms. The fourth-order valence-electron chi connectivity index (χ4n) is 0.933. The molecule has 0 saturated carbocycles. The molecule has 0 heterocycles. The monoisotopic (exact) mass is 183 g/mol. The van der Waals surface area contributed by atoms with Crippen molar-refractivity contribution in [1.29, 1.82) is 0 Å². The molecular weight excluding hydrogens is 173 g/mol. The molecule has 4 heteroatoms. The Balaban J connectivity index is 2.83. The summed E-state index contributed by atoms with van der Waals surface area (Å²) in [6.07, 6.45) is -1.23. The fourth-order valence-corrected chi connectivity index (χ4v) is 0.933. The molecule has 70 valence electrons. The fraction of sp³-hybridized carbons (Fsp3) is 0.222. The number of benzene rings is 1. The first kappa shape index (κ1) is 9.67. The lowest BCUT2D eigenvalue weighted by Crippen LogP contribution is -2.25. The van der Waals surface area contributed by atoms with Crippen molar-refractivity contribution in [2.45, 2.75) is 6.10 Å². The van der Waals surface area contributed by atoms with Crippen molar-refractivity contribution in [3.8, 4) is 0 Å². The van der Waals surface area contributed by atoms with Crippen LogP contribution < -0.4 is 5.32 Å². The average molecular weight is 183 g/mol. The van der Waals surface area contributed by atoms with Crippen LogP contribution in [0.25, 0.3) is 0 Å². The molecule has 3 nitrogen and oxygen atoms in total. The summed E-state index contributed by atoms with van der Waals surface area (Å²) in [6, 6.07) is 5.13. The lowest BCUT2D eigenvalue weighted by Gasteiger charge is -2.08. The van der Waals surface area contributed by atoms with Crippen molar-refractivity contribution in [1.82, 2.24) is 5.32 Å². The van der Waals surface area contributed by atoms with Crippen LogP contribution in [0.3, 0.4) is 0 Å². The largest absolute Gasteiger partial charge is 0.378 e. The van der Waals surface area contributed by atoms with Gasteiger partial charge in [-0.2, -0.15) is 0 Å². The molecule has 0 radical (unpaired) electrons. The summed E-state index contributed by atoms with van der Waals surface area (Å²) < 4.78 is 12.5. The highest BCUT2D eigenvalue weighted by Gasteiger charge is 2.14. The van der Waals surface area contributed by atoms with Crippen LogP contribution >= 0.6 is 0 Å². The predicted molar refractivity (Wildman–Crippen MR) is 45.4 cm³/mol. The van der Waals surface area contributed by atoms with Gasteiger partial charge >= 0.3 is 0 Å². The Kier molecular flexibility index (Phi) is 2.97. The van der Waals surface area contributed by atoms with E-state index >= 15 is 0 Å². The molecule has 0 aromatic heterocycles. The van der Waals surface area contributed by atoms with E-state index in [0.717, 1.165) is 0 Å². The SMILES string of the molecule is CNC(=O)C(O)c1ccc(F)cc1. The Morgan fingerprint density at radius 3 is 2.46 bits per heavy atom. The van der Waals surface area contributed by atoms with Gasteiger partial charge in [0.15, 0.2) is 6.10 Å². The molecule has 1 amide bonds. The number of amides is 1. The highest BCUT2D eigenvalue weighted by Crippen LogP contribution is 2.12. The van der Waals surface area contributed by atoms with Crippen LogP contribution in [0.4, 0.5) is 4.39 Å². The number of carbonyl (C=O) groups is 1. The van der Waals surface area contributed by atoms with Crippen molar-refractivity contribution < 1.29 is 14.3 Å². The first-order valence-electron chi connectivity index (χ1n) is 3.80. The van der Waals surface area contributed by atoms with Crippen LogP contribution in [0.5, 0.6) is 0 Å². The van der Waals surface area contributed by atoms with Crippen molar-refractivity contribution >= 4 is 5.91 Å². The summed E-state index contributed by atoms with van der Waals surface area (Å²) in [5, 5.41) is 11.6. The maximum atomic E-state index is 12.5. The van der Waals surface area contributed by atoms with Crippen molar-refractivity contribution in [2.24, 2.45) is 0 Å². The molecule has 0 aliphatic carbocycles. The van der Waals surface area contributed by atoms with Crippen molar-refractivity contribution in [3.63, 3.8) is 0 Å². The van der Waals surface area contributed by atoms with Gasteiger partial charge in [0.1, 0.15) is 5.82 Å². The molecule has 0 aliphatic heterocycles. The van der Waals surface area contributed by atoms with E-state index in [1.165, 1.54) is 31.3 Å². The third-order valence-electron chi connectivity index (χ3n) is 1.68. The van der Waals surface area contributed by atoms with Gasteiger partial charge in [0.05, 0.1) is 0 Å². The molecular formula is C9H10FNO2. The van der Waals surface area contributed by atoms with Gasteiger partial charge < -0.3 is 10.4 Å². The molecule has 0 bridgehead atoms. The second-order valence-corrected chi connectivity index (χ2v) is 2.57. The average Bonchev–Trinajstić information content (AvgIpc) is 2.17. The second kappa shape index (κ2) is 4.00. The number of hydrogen-bond acceptors (Lipinski definition) is 2. The zero-order valence-corrected chi connectivity index (χ0v) is 7.12. The normalized spacial score (nSPS) is 12.2. The topological polar surface area (TPSA) is 49.3 Å². The standard InChI is InChI=1S/C9H10FNO2/c1-11-9(13)8(12)6-2-4-7(10)5-3-6/h2-5,8,12H,1H3,(H,11,13). The number of carbonyl (C=O) groups excluding carboxylic acids is 1. The van der Waals surface area contributed by atoms with E-state index in [4.69, 9.17) is 0 Å². The molecule has 0 saturated heterocycles. The van der Waals surface area contributed by atoms with Crippen LogP contribution in [0.2, 0.25) is 0 Å². The zero-order chi connectivity index (χ0) is 9.84. The van der Waals surface area contributed by atoms with Gasteiger partial charge in [-0.05, 0) is 17.7 Å². The van der Waals surface area contributed by atoms with Crippen LogP contribution in [0.1, 0.15) is 11.7 Å². The second-order valence-electron chi connectivity index (χ2n) is 2.57. The van der Waals surface area contributed by atoms with Crippen molar-refractivity contribution in [3.05, 3.63) is 35.6 Å². The lowest BCUT2D eigenvalue weighted by molar-refractivity contribution is -0.129. The summed E-state index contributed by atoms with van der Waals surface area (Å²) in [7, 11) is 1.43. The number of nitrogens with one attached hydrogen (secondary N) is 1. The number of halogens is 1. The van der Waals surface area contributed by atoms with Gasteiger partial charge in [0, 0.05) is 7.05 Å². The number of aliphatic hydroxyl groups is 1. The smallest absolute Gasteiger partial charge is 0.253 e. The molecule has 1 aromatic rings. The minimum absolute atomic E-state index is 0.376. The summed E-state index contributed by atoms with van der Waals surface area (Å²) in [4.78, 5) is 10.9. The van der Waals surface area contributed by atoms with Gasteiger partial charge in [-0.3, -0.25) is 4.79 Å². The van der Waals surface area contributed by atoms with E-state index in [9.17, 15) is 14.3 Å². The highest BCUT2D eigenvalue weighted by atomic mass is 19.1. The number of likely N-dealkylation sites (N-methyl/N-ethyl adjacent to an activating group) is 1. The third kappa shape index (κ3) is 2.26. The Labute approximate surface area is 75.2 Å². The molecule has 1 rings (SSSR count). The quantitative estimate of drug-likeness (QED) is 0.705. The third-order valence-corrected chi connectivity index (χ3v) is 1.68. The Hall–Kier alpha value is -1.42. The number of aliphatic hydroxyl groups excluding tert-OH is 1. The van der Waals surface area contributed by atoms with E-state index < -0.39 is 17.8 Å². The van der Waals surface area contributed by atoms with E-state index in [1.54, 1.807) is 0 Å². The minimum atomic E-state index is -1.23. The van der Waals surface area contributed by atoms with E-state index in [-0.39, 0.29) is 0 Å². The molecule has 2 N–H and O–H groups in total. The van der Waals surface area contributed by atoms with Crippen LogP contribution in [0, 0.1) is 5.82 Å². The van der Waals surface area contributed by atoms with Crippen molar-refractivity contribution in [2.75, 3.05) is 7.05 Å². The maximum Gasteiger partial charge on any atom is 0.253 e. The first-order chi connectivity index (χ1) is 6.15. The number of hydrogen-bond donors (Lipinski definition) is 2. The summed E-state index contributed by atoms with van der Waals surface area (Å²) in [5.74, 6) is -0.903. The van der Waals surface area contributed by atoms with E-state index in [2.05, 4.69) is 5.32 Å². The lowest BCUT2D eigenvalue weighted by atomic mass is 10.1. The minimum Gasteiger partial charge on any atom is -0.378 e. The molecule has 0 fully saturated rings. The first-order valence-corrected chi connectivity index (χ1v) is 3.80. The summed E-state index contributed by atoms with van der Waals surface area (Å²) in [6.45, 7) is 0. The summed E-state index contributed by atoms with van der Waals surface area (Å²) in [5.41, 5.74) is 0.376. The van der Waals surface area contributed by atoms with E-state index in [0.29, 0.717) is 5.56 Å². The van der Waals surface area contributed by atoms with Gasteiger partial charge in [0.25, 0.3) is 5.91 Å². The molecule has 0 spiro atoms.